The summed E-state index contributed by atoms with van der Waals surface area (Å²) in [6, 6.07) is 3.15. The minimum atomic E-state index is -0.374. The predicted octanol–water partition coefficient (Wildman–Crippen LogP) is 0.763. The van der Waals surface area contributed by atoms with E-state index in [1.165, 1.54) is 36.3 Å². The lowest BCUT2D eigenvalue weighted by Gasteiger charge is -2.23. The summed E-state index contributed by atoms with van der Waals surface area (Å²) < 4.78 is 9.54. The molecule has 0 unspecified atom stereocenters. The highest BCUT2D eigenvalue weighted by Gasteiger charge is 2.20. The van der Waals surface area contributed by atoms with E-state index in [1.54, 1.807) is 6.07 Å². The highest BCUT2D eigenvalue weighted by molar-refractivity contribution is 5.94. The van der Waals surface area contributed by atoms with Gasteiger partial charge in [-0.2, -0.15) is 0 Å². The molecule has 1 heterocycles. The number of rotatable bonds is 7. The quantitative estimate of drug-likeness (QED) is 0.694. The highest BCUT2D eigenvalue weighted by atomic mass is 16.5. The van der Waals surface area contributed by atoms with E-state index in [4.69, 9.17) is 4.42 Å². The lowest BCUT2D eigenvalue weighted by molar-refractivity contribution is -0.141. The van der Waals surface area contributed by atoms with Gasteiger partial charge in [-0.15, -0.1) is 0 Å². The summed E-state index contributed by atoms with van der Waals surface area (Å²) in [7, 11) is 2.83. The van der Waals surface area contributed by atoms with Gasteiger partial charge in [-0.1, -0.05) is 0 Å². The summed E-state index contributed by atoms with van der Waals surface area (Å²) in [5, 5.41) is 0. The number of likely N-dealkylation sites (N-methyl/N-ethyl adjacent to an activating group) is 2. The summed E-state index contributed by atoms with van der Waals surface area (Å²) in [5.74, 6) is -0.787. The molecule has 0 saturated heterocycles. The third-order valence-corrected chi connectivity index (χ3v) is 3.00. The van der Waals surface area contributed by atoms with Gasteiger partial charge in [-0.05, 0) is 19.1 Å². The number of nitrogens with zero attached hydrogens (tertiary/aromatic N) is 2. The fourth-order valence-electron chi connectivity index (χ4n) is 1.75. The summed E-state index contributed by atoms with van der Waals surface area (Å²) in [4.78, 5) is 37.9. The second kappa shape index (κ2) is 8.08. The number of ether oxygens (including phenoxy) is 1. The average Bonchev–Trinajstić information content (AvgIpc) is 3.00. The van der Waals surface area contributed by atoms with Crippen LogP contribution in [0.5, 0.6) is 0 Å². The molecule has 2 amide bonds. The average molecular weight is 296 g/mol. The topological polar surface area (TPSA) is 80.1 Å². The second-order valence-corrected chi connectivity index (χ2v) is 4.44. The van der Waals surface area contributed by atoms with Crippen molar-refractivity contribution in [3.8, 4) is 0 Å². The van der Waals surface area contributed by atoms with Gasteiger partial charge in [-0.3, -0.25) is 14.4 Å². The van der Waals surface area contributed by atoms with Crippen molar-refractivity contribution < 1.29 is 23.5 Å². The molecule has 0 aliphatic carbocycles. The Bertz CT molecular complexity index is 484. The molecule has 1 aromatic heterocycles. The molecule has 0 radical (unpaired) electrons. The highest BCUT2D eigenvalue weighted by Crippen LogP contribution is 2.05. The Morgan fingerprint density at radius 3 is 2.57 bits per heavy atom. The van der Waals surface area contributed by atoms with Crippen LogP contribution in [0.2, 0.25) is 0 Å². The van der Waals surface area contributed by atoms with E-state index >= 15 is 0 Å². The number of amides is 2. The van der Waals surface area contributed by atoms with E-state index < -0.39 is 0 Å². The van der Waals surface area contributed by atoms with Crippen LogP contribution in [0.15, 0.2) is 22.8 Å². The molecule has 0 fully saturated rings. The van der Waals surface area contributed by atoms with E-state index in [2.05, 4.69) is 4.74 Å². The third kappa shape index (κ3) is 4.94. The van der Waals surface area contributed by atoms with Gasteiger partial charge in [0.05, 0.1) is 26.3 Å². The Kier molecular flexibility index (Phi) is 6.45. The maximum atomic E-state index is 12.1. The lowest BCUT2D eigenvalue weighted by atomic mass is 10.3. The zero-order valence-corrected chi connectivity index (χ0v) is 12.5. The van der Waals surface area contributed by atoms with Crippen molar-refractivity contribution in [2.24, 2.45) is 0 Å². The summed E-state index contributed by atoms with van der Waals surface area (Å²) in [5.41, 5.74) is 0. The van der Waals surface area contributed by atoms with Gasteiger partial charge in [0, 0.05) is 20.1 Å². The molecule has 1 rings (SSSR count). The van der Waals surface area contributed by atoms with Gasteiger partial charge < -0.3 is 19.0 Å². The molecule has 0 aliphatic heterocycles. The van der Waals surface area contributed by atoms with Gasteiger partial charge in [0.25, 0.3) is 5.91 Å². The van der Waals surface area contributed by atoms with E-state index in [-0.39, 0.29) is 43.1 Å². The molecule has 1 aromatic rings. The van der Waals surface area contributed by atoms with Crippen LogP contribution in [-0.2, 0) is 14.3 Å². The molecule has 7 heteroatoms. The minimum absolute atomic E-state index is 0.0749. The Labute approximate surface area is 123 Å². The molecule has 0 aromatic carbocycles. The third-order valence-electron chi connectivity index (χ3n) is 3.00. The number of hydrogen-bond acceptors (Lipinski definition) is 5. The van der Waals surface area contributed by atoms with Crippen molar-refractivity contribution in [2.75, 3.05) is 33.8 Å². The van der Waals surface area contributed by atoms with Crippen molar-refractivity contribution in [1.29, 1.82) is 0 Å². The standard InChI is InChI=1S/C14H20N2O5/c1-4-16(8-7-13(18)20-3)12(17)10-15(2)14(19)11-6-5-9-21-11/h5-6,9H,4,7-8,10H2,1-3H3. The Morgan fingerprint density at radius 1 is 1.33 bits per heavy atom. The predicted molar refractivity (Wildman–Crippen MR) is 74.6 cm³/mol. The summed E-state index contributed by atoms with van der Waals surface area (Å²) in [6.45, 7) is 2.46. The van der Waals surface area contributed by atoms with E-state index in [9.17, 15) is 14.4 Å². The zero-order valence-electron chi connectivity index (χ0n) is 12.5. The first kappa shape index (κ1) is 16.7. The van der Waals surface area contributed by atoms with Crippen LogP contribution < -0.4 is 0 Å². The van der Waals surface area contributed by atoms with Crippen LogP contribution in [0.3, 0.4) is 0 Å². The van der Waals surface area contributed by atoms with Crippen LogP contribution >= 0.6 is 0 Å². The molecule has 7 nitrogen and oxygen atoms in total. The van der Waals surface area contributed by atoms with Crippen molar-refractivity contribution in [3.05, 3.63) is 24.2 Å². The number of methoxy groups -OCH3 is 1. The molecule has 0 bridgehead atoms. The van der Waals surface area contributed by atoms with Gasteiger partial charge in [0.1, 0.15) is 0 Å². The SMILES string of the molecule is CCN(CCC(=O)OC)C(=O)CN(C)C(=O)c1ccco1. The first-order valence-electron chi connectivity index (χ1n) is 6.63. The number of hydrogen-bond donors (Lipinski definition) is 0. The number of esters is 1. The Hall–Kier alpha value is -2.31. The van der Waals surface area contributed by atoms with E-state index in [0.29, 0.717) is 6.54 Å². The fraction of sp³-hybridized carbons (Fsp3) is 0.500. The summed E-state index contributed by atoms with van der Waals surface area (Å²) >= 11 is 0. The maximum Gasteiger partial charge on any atom is 0.307 e. The molecule has 21 heavy (non-hydrogen) atoms. The van der Waals surface area contributed by atoms with Crippen molar-refractivity contribution >= 4 is 17.8 Å². The van der Waals surface area contributed by atoms with Crippen LogP contribution in [0.4, 0.5) is 0 Å². The van der Waals surface area contributed by atoms with Crippen molar-refractivity contribution in [3.63, 3.8) is 0 Å². The molecule has 0 aliphatic rings. The molecular weight excluding hydrogens is 276 g/mol. The van der Waals surface area contributed by atoms with Gasteiger partial charge in [-0.25, -0.2) is 0 Å². The normalized spacial score (nSPS) is 10.0. The lowest BCUT2D eigenvalue weighted by Crippen LogP contribution is -2.41. The van der Waals surface area contributed by atoms with Crippen LogP contribution in [-0.4, -0.2) is 61.4 Å². The largest absolute Gasteiger partial charge is 0.469 e. The van der Waals surface area contributed by atoms with E-state index in [1.807, 2.05) is 6.92 Å². The summed E-state index contributed by atoms with van der Waals surface area (Å²) in [6.07, 6.45) is 1.53. The van der Waals surface area contributed by atoms with E-state index in [0.717, 1.165) is 0 Å². The molecule has 0 atom stereocenters. The second-order valence-electron chi connectivity index (χ2n) is 4.44. The monoisotopic (exact) mass is 296 g/mol. The number of furan rings is 1. The Morgan fingerprint density at radius 2 is 2.05 bits per heavy atom. The van der Waals surface area contributed by atoms with Gasteiger partial charge in [0.2, 0.25) is 5.91 Å². The van der Waals surface area contributed by atoms with Crippen molar-refractivity contribution in [2.45, 2.75) is 13.3 Å². The van der Waals surface area contributed by atoms with Crippen molar-refractivity contribution in [1.82, 2.24) is 9.80 Å². The zero-order chi connectivity index (χ0) is 15.8. The van der Waals surface area contributed by atoms with Gasteiger partial charge >= 0.3 is 5.97 Å². The van der Waals surface area contributed by atoms with Crippen LogP contribution in [0.25, 0.3) is 0 Å². The number of carbonyl (C=O) groups is 3. The number of carbonyl (C=O) groups excluding carboxylic acids is 3. The smallest absolute Gasteiger partial charge is 0.307 e. The minimum Gasteiger partial charge on any atom is -0.469 e. The Balaban J connectivity index is 2.53. The maximum absolute atomic E-state index is 12.1. The molecule has 0 saturated carbocycles. The first-order chi connectivity index (χ1) is 9.99. The first-order valence-corrected chi connectivity index (χ1v) is 6.63. The fourth-order valence-corrected chi connectivity index (χ4v) is 1.75. The van der Waals surface area contributed by atoms with Crippen LogP contribution in [0.1, 0.15) is 23.9 Å². The molecule has 0 spiro atoms. The molecule has 116 valence electrons. The molecule has 0 N–H and O–H groups in total. The molecular formula is C14H20N2O5. The van der Waals surface area contributed by atoms with Crippen LogP contribution in [0, 0.1) is 0 Å². The van der Waals surface area contributed by atoms with Gasteiger partial charge in [0.15, 0.2) is 5.76 Å².